The summed E-state index contributed by atoms with van der Waals surface area (Å²) in [6.07, 6.45) is 3.04. The van der Waals surface area contributed by atoms with Gasteiger partial charge in [-0.15, -0.1) is 0 Å². The maximum absolute atomic E-state index is 11.1. The van der Waals surface area contributed by atoms with E-state index in [0.29, 0.717) is 12.3 Å². The summed E-state index contributed by atoms with van der Waals surface area (Å²) >= 11 is 0. The Kier molecular flexibility index (Phi) is 3.84. The van der Waals surface area contributed by atoms with Gasteiger partial charge in [0.15, 0.2) is 5.69 Å². The molecule has 2 N–H and O–H groups in total. The molecule has 1 atom stereocenters. The maximum Gasteiger partial charge on any atom is 0.360 e. The Morgan fingerprint density at radius 3 is 2.93 bits per heavy atom. The largest absolute Gasteiger partial charge is 0.464 e. The summed E-state index contributed by atoms with van der Waals surface area (Å²) in [5, 5.41) is 0. The summed E-state index contributed by atoms with van der Waals surface area (Å²) in [6, 6.07) is 0. The van der Waals surface area contributed by atoms with Gasteiger partial charge in [-0.2, -0.15) is 0 Å². The summed E-state index contributed by atoms with van der Waals surface area (Å²) in [4.78, 5) is 15.0. The number of methoxy groups -OCH3 is 1. The molecule has 0 saturated heterocycles. The first kappa shape index (κ1) is 11.7. The number of carbonyl (C=O) groups excluding carboxylic acids is 1. The molecular formula is C8H13N3O3S. The van der Waals surface area contributed by atoms with E-state index in [1.807, 2.05) is 0 Å². The second-order valence-corrected chi connectivity index (χ2v) is 4.50. The number of rotatable bonds is 4. The number of anilines is 1. The highest BCUT2D eigenvalue weighted by Crippen LogP contribution is 2.10. The summed E-state index contributed by atoms with van der Waals surface area (Å²) in [5.41, 5.74) is 5.76. The van der Waals surface area contributed by atoms with Crippen LogP contribution in [-0.2, 0) is 22.1 Å². The van der Waals surface area contributed by atoms with Crippen LogP contribution in [0.1, 0.15) is 10.5 Å². The molecule has 1 aromatic heterocycles. The number of carbonyl (C=O) groups is 1. The highest BCUT2D eigenvalue weighted by Gasteiger charge is 2.15. The number of aryl methyl sites for hydroxylation is 1. The van der Waals surface area contributed by atoms with E-state index in [1.54, 1.807) is 10.8 Å². The van der Waals surface area contributed by atoms with Crippen molar-refractivity contribution in [2.45, 2.75) is 6.54 Å². The number of nitrogens with zero attached hydrogens (tertiary/aromatic N) is 2. The van der Waals surface area contributed by atoms with Gasteiger partial charge in [0.25, 0.3) is 0 Å². The first-order chi connectivity index (χ1) is 7.06. The molecule has 15 heavy (non-hydrogen) atoms. The lowest BCUT2D eigenvalue weighted by molar-refractivity contribution is 0.0596. The Labute approximate surface area is 89.9 Å². The molecule has 84 valence electrons. The Morgan fingerprint density at radius 1 is 1.73 bits per heavy atom. The standard InChI is InChI=1S/C8H13N3O3S/c1-14-8(12)6-7(9)11(5-10-6)3-4-15(2)13/h5H,3-4,9H2,1-2H3. The number of hydrogen-bond donors (Lipinski definition) is 1. The van der Waals surface area contributed by atoms with E-state index in [2.05, 4.69) is 9.72 Å². The van der Waals surface area contributed by atoms with Crippen molar-refractivity contribution >= 4 is 22.6 Å². The zero-order valence-electron chi connectivity index (χ0n) is 8.60. The molecule has 6 nitrogen and oxygen atoms in total. The van der Waals surface area contributed by atoms with Crippen molar-refractivity contribution in [2.75, 3.05) is 24.9 Å². The van der Waals surface area contributed by atoms with E-state index in [4.69, 9.17) is 5.73 Å². The Morgan fingerprint density at radius 2 is 2.40 bits per heavy atom. The molecule has 0 radical (unpaired) electrons. The normalized spacial score (nSPS) is 12.4. The molecule has 1 aromatic rings. The minimum atomic E-state index is -0.898. The van der Waals surface area contributed by atoms with Crippen molar-refractivity contribution in [3.8, 4) is 0 Å². The molecule has 7 heteroatoms. The predicted molar refractivity (Wildman–Crippen MR) is 56.9 cm³/mol. The smallest absolute Gasteiger partial charge is 0.360 e. The molecular weight excluding hydrogens is 218 g/mol. The van der Waals surface area contributed by atoms with Crippen LogP contribution in [0.3, 0.4) is 0 Å². The number of esters is 1. The number of hydrogen-bond acceptors (Lipinski definition) is 5. The molecule has 0 saturated carbocycles. The van der Waals surface area contributed by atoms with Crippen molar-refractivity contribution in [1.82, 2.24) is 9.55 Å². The minimum absolute atomic E-state index is 0.0967. The minimum Gasteiger partial charge on any atom is -0.464 e. The lowest BCUT2D eigenvalue weighted by Gasteiger charge is -2.03. The van der Waals surface area contributed by atoms with Gasteiger partial charge in [-0.25, -0.2) is 9.78 Å². The molecule has 0 aliphatic heterocycles. The average molecular weight is 231 g/mol. The zero-order chi connectivity index (χ0) is 11.4. The van der Waals surface area contributed by atoms with E-state index in [1.165, 1.54) is 13.4 Å². The Bertz CT molecular complexity index is 388. The molecule has 0 aliphatic carbocycles. The van der Waals surface area contributed by atoms with Crippen LogP contribution in [-0.4, -0.2) is 38.8 Å². The summed E-state index contributed by atoms with van der Waals surface area (Å²) in [5.74, 6) is 0.150. The van der Waals surface area contributed by atoms with Crippen LogP contribution in [0.5, 0.6) is 0 Å². The van der Waals surface area contributed by atoms with E-state index >= 15 is 0 Å². The quantitative estimate of drug-likeness (QED) is 0.714. The average Bonchev–Trinajstić information content (AvgIpc) is 2.56. The number of nitrogens with two attached hydrogens (primary N) is 1. The van der Waals surface area contributed by atoms with Crippen molar-refractivity contribution < 1.29 is 13.7 Å². The predicted octanol–water partition coefficient (Wildman–Crippen LogP) is -0.370. The number of nitrogen functional groups attached to an aromatic ring is 1. The van der Waals surface area contributed by atoms with Crippen molar-refractivity contribution in [3.05, 3.63) is 12.0 Å². The number of ether oxygens (including phenoxy) is 1. The van der Waals surface area contributed by atoms with Crippen LogP contribution < -0.4 is 5.73 Å². The SMILES string of the molecule is COC(=O)c1ncn(CCS(C)=O)c1N. The van der Waals surface area contributed by atoms with Crippen LogP contribution in [0.4, 0.5) is 5.82 Å². The van der Waals surface area contributed by atoms with Crippen LogP contribution in [0.15, 0.2) is 6.33 Å². The third-order valence-electron chi connectivity index (χ3n) is 1.88. The van der Waals surface area contributed by atoms with E-state index < -0.39 is 16.8 Å². The highest BCUT2D eigenvalue weighted by molar-refractivity contribution is 7.84. The number of aromatic nitrogens is 2. The molecule has 1 unspecified atom stereocenters. The molecule has 0 spiro atoms. The summed E-state index contributed by atoms with van der Waals surface area (Å²) in [6.45, 7) is 0.471. The second-order valence-electron chi connectivity index (χ2n) is 2.94. The summed E-state index contributed by atoms with van der Waals surface area (Å²) < 4.78 is 16.9. The van der Waals surface area contributed by atoms with Crippen LogP contribution in [0.25, 0.3) is 0 Å². The molecule has 1 heterocycles. The molecule has 0 bridgehead atoms. The van der Waals surface area contributed by atoms with Crippen LogP contribution in [0, 0.1) is 0 Å². The molecule has 0 fully saturated rings. The van der Waals surface area contributed by atoms with Gasteiger partial charge in [-0.3, -0.25) is 4.21 Å². The Balaban J connectivity index is 2.80. The van der Waals surface area contributed by atoms with Gasteiger partial charge in [0.05, 0.1) is 13.4 Å². The highest BCUT2D eigenvalue weighted by atomic mass is 32.2. The topological polar surface area (TPSA) is 87.2 Å². The van der Waals surface area contributed by atoms with Gasteiger partial charge >= 0.3 is 5.97 Å². The van der Waals surface area contributed by atoms with Crippen molar-refractivity contribution in [3.63, 3.8) is 0 Å². The van der Waals surface area contributed by atoms with Gasteiger partial charge < -0.3 is 15.0 Å². The third-order valence-corrected chi connectivity index (χ3v) is 2.63. The van der Waals surface area contributed by atoms with Crippen LogP contribution >= 0.6 is 0 Å². The monoisotopic (exact) mass is 231 g/mol. The molecule has 1 rings (SSSR count). The second kappa shape index (κ2) is 4.92. The lowest BCUT2D eigenvalue weighted by Crippen LogP contribution is -2.11. The maximum atomic E-state index is 11.1. The van der Waals surface area contributed by atoms with Gasteiger partial charge in [-0.1, -0.05) is 0 Å². The first-order valence-corrected chi connectivity index (χ1v) is 5.98. The zero-order valence-corrected chi connectivity index (χ0v) is 9.41. The van der Waals surface area contributed by atoms with Gasteiger partial charge in [0.2, 0.25) is 0 Å². The number of imidazole rings is 1. The van der Waals surface area contributed by atoms with Gasteiger partial charge in [-0.05, 0) is 0 Å². The fourth-order valence-corrected chi connectivity index (χ4v) is 1.50. The van der Waals surface area contributed by atoms with E-state index in [0.717, 1.165) is 0 Å². The Hall–Kier alpha value is -1.37. The van der Waals surface area contributed by atoms with Crippen molar-refractivity contribution in [2.24, 2.45) is 0 Å². The first-order valence-electron chi connectivity index (χ1n) is 4.25. The van der Waals surface area contributed by atoms with Crippen LogP contribution in [0.2, 0.25) is 0 Å². The molecule has 0 aromatic carbocycles. The third kappa shape index (κ3) is 2.79. The van der Waals surface area contributed by atoms with Gasteiger partial charge in [0.1, 0.15) is 5.82 Å². The molecule has 0 amide bonds. The van der Waals surface area contributed by atoms with Gasteiger partial charge in [0, 0.05) is 29.4 Å². The van der Waals surface area contributed by atoms with Crippen molar-refractivity contribution in [1.29, 1.82) is 0 Å². The molecule has 0 aliphatic rings. The summed E-state index contributed by atoms with van der Waals surface area (Å²) in [7, 11) is 0.368. The fourth-order valence-electron chi connectivity index (χ4n) is 1.05. The van der Waals surface area contributed by atoms with E-state index in [-0.39, 0.29) is 11.5 Å². The lowest BCUT2D eigenvalue weighted by atomic mass is 10.4. The fraction of sp³-hybridized carbons (Fsp3) is 0.500. The van der Waals surface area contributed by atoms with E-state index in [9.17, 15) is 9.00 Å².